The minimum atomic E-state index is -5.02. The summed E-state index contributed by atoms with van der Waals surface area (Å²) in [6.45, 7) is 4.17. The van der Waals surface area contributed by atoms with Crippen molar-refractivity contribution in [1.82, 2.24) is 0 Å². The monoisotopic (exact) mass is 859 g/mol. The number of esters is 1. The van der Waals surface area contributed by atoms with Crippen molar-refractivity contribution in [2.75, 3.05) is 19.8 Å². The first-order valence-corrected chi connectivity index (χ1v) is 24.5. The zero-order valence-corrected chi connectivity index (χ0v) is 37.4. The number of aliphatic hydroxyl groups is 5. The summed E-state index contributed by atoms with van der Waals surface area (Å²) in [5.41, 5.74) is 0. The first-order chi connectivity index (χ1) is 28.5. The van der Waals surface area contributed by atoms with Gasteiger partial charge in [0.2, 0.25) is 0 Å². The summed E-state index contributed by atoms with van der Waals surface area (Å²) in [4.78, 5) is 23.1. The molecule has 344 valence electrons. The molecule has 0 spiro atoms. The van der Waals surface area contributed by atoms with Crippen LogP contribution in [0.5, 0.6) is 0 Å². The number of carbonyl (C=O) groups excluding carboxylic acids is 1. The SMILES string of the molecule is CCCCC/C=C\C/C=C\CCCCCCCCOCC(COP(=O)(O)OC1C(O)C(O)C(O)C(O)C1O)OC(=O)CCCCCCC/C=C\C/C=C\CCCCCC. The van der Waals surface area contributed by atoms with E-state index in [1.165, 1.54) is 57.8 Å². The minimum Gasteiger partial charge on any atom is -0.457 e. The fraction of sp³-hybridized carbons (Fsp3) is 0.804. The van der Waals surface area contributed by atoms with Crippen molar-refractivity contribution < 1.29 is 58.3 Å². The van der Waals surface area contributed by atoms with Gasteiger partial charge in [0, 0.05) is 13.0 Å². The van der Waals surface area contributed by atoms with Gasteiger partial charge in [-0.3, -0.25) is 13.8 Å². The molecule has 0 bridgehead atoms. The topological polar surface area (TPSA) is 192 Å². The van der Waals surface area contributed by atoms with E-state index in [4.69, 9.17) is 18.5 Å². The van der Waals surface area contributed by atoms with Crippen LogP contribution in [0.3, 0.4) is 0 Å². The molecule has 0 amide bonds. The second-order valence-corrected chi connectivity index (χ2v) is 17.3. The highest BCUT2D eigenvalue weighted by molar-refractivity contribution is 7.47. The fourth-order valence-corrected chi connectivity index (χ4v) is 7.68. The van der Waals surface area contributed by atoms with E-state index in [9.17, 15) is 39.8 Å². The van der Waals surface area contributed by atoms with Crippen LogP contribution in [-0.2, 0) is 27.9 Å². The molecule has 0 aromatic rings. The van der Waals surface area contributed by atoms with E-state index in [0.717, 1.165) is 89.9 Å². The molecule has 6 N–H and O–H groups in total. The molecule has 0 saturated heterocycles. The predicted octanol–water partition coefficient (Wildman–Crippen LogP) is 9.25. The Morgan fingerprint density at radius 3 is 1.46 bits per heavy atom. The van der Waals surface area contributed by atoms with E-state index >= 15 is 0 Å². The average Bonchev–Trinajstić information content (AvgIpc) is 3.22. The van der Waals surface area contributed by atoms with Gasteiger partial charge in [0.25, 0.3) is 0 Å². The van der Waals surface area contributed by atoms with Crippen molar-refractivity contribution in [3.63, 3.8) is 0 Å². The largest absolute Gasteiger partial charge is 0.472 e. The first kappa shape index (κ1) is 55.3. The van der Waals surface area contributed by atoms with Crippen LogP contribution in [0, 0.1) is 0 Å². The molecule has 6 unspecified atom stereocenters. The molecule has 59 heavy (non-hydrogen) atoms. The normalized spacial score (nSPS) is 22.9. The summed E-state index contributed by atoms with van der Waals surface area (Å²) in [5.74, 6) is -0.496. The number of ether oxygens (including phenoxy) is 2. The highest BCUT2D eigenvalue weighted by Gasteiger charge is 2.51. The van der Waals surface area contributed by atoms with Crippen LogP contribution in [0.1, 0.15) is 174 Å². The van der Waals surface area contributed by atoms with Gasteiger partial charge in [0.1, 0.15) is 42.7 Å². The molecule has 0 aromatic carbocycles. The lowest BCUT2D eigenvalue weighted by molar-refractivity contribution is -0.220. The molecule has 1 saturated carbocycles. The fourth-order valence-electron chi connectivity index (χ4n) is 6.71. The number of aliphatic hydroxyl groups excluding tert-OH is 5. The van der Waals surface area contributed by atoms with Gasteiger partial charge in [-0.1, -0.05) is 140 Å². The summed E-state index contributed by atoms with van der Waals surface area (Å²) >= 11 is 0. The number of unbranched alkanes of at least 4 members (excludes halogenated alkanes) is 18. The quantitative estimate of drug-likeness (QED) is 0.0150. The van der Waals surface area contributed by atoms with Crippen molar-refractivity contribution >= 4 is 13.8 Å². The van der Waals surface area contributed by atoms with Crippen LogP contribution >= 0.6 is 7.82 Å². The number of hydrogen-bond donors (Lipinski definition) is 6. The van der Waals surface area contributed by atoms with Gasteiger partial charge < -0.3 is 39.9 Å². The third kappa shape index (κ3) is 29.3. The lowest BCUT2D eigenvalue weighted by Crippen LogP contribution is -2.64. The number of phosphoric acid groups is 1. The molecule has 12 nitrogen and oxygen atoms in total. The van der Waals surface area contributed by atoms with Gasteiger partial charge in [-0.15, -0.1) is 0 Å². The molecule has 13 heteroatoms. The van der Waals surface area contributed by atoms with E-state index in [1.54, 1.807) is 0 Å². The highest BCUT2D eigenvalue weighted by Crippen LogP contribution is 2.47. The molecule has 6 atom stereocenters. The average molecular weight is 859 g/mol. The van der Waals surface area contributed by atoms with Crippen molar-refractivity contribution in [1.29, 1.82) is 0 Å². The molecular weight excluding hydrogens is 775 g/mol. The summed E-state index contributed by atoms with van der Waals surface area (Å²) in [7, 11) is -5.02. The lowest BCUT2D eigenvalue weighted by Gasteiger charge is -2.41. The Kier molecular flexibility index (Phi) is 34.6. The molecule has 1 aliphatic rings. The number of rotatable bonds is 38. The maximum Gasteiger partial charge on any atom is 0.472 e. The van der Waals surface area contributed by atoms with E-state index in [1.807, 2.05) is 0 Å². The van der Waals surface area contributed by atoms with Gasteiger partial charge in [0.15, 0.2) is 0 Å². The number of hydrogen-bond acceptors (Lipinski definition) is 11. The maximum absolute atomic E-state index is 12.8. The van der Waals surface area contributed by atoms with E-state index in [-0.39, 0.29) is 13.0 Å². The van der Waals surface area contributed by atoms with Gasteiger partial charge in [0.05, 0.1) is 13.2 Å². The summed E-state index contributed by atoms with van der Waals surface area (Å²) < 4.78 is 34.1. The van der Waals surface area contributed by atoms with Crippen LogP contribution in [0.2, 0.25) is 0 Å². The Balaban J connectivity index is 2.43. The second kappa shape index (κ2) is 36.9. The molecule has 0 heterocycles. The molecule has 1 aliphatic carbocycles. The van der Waals surface area contributed by atoms with E-state index in [2.05, 4.69) is 62.5 Å². The minimum absolute atomic E-state index is 0.0907. The van der Waals surface area contributed by atoms with Crippen LogP contribution < -0.4 is 0 Å². The van der Waals surface area contributed by atoms with Crippen LogP contribution in [0.15, 0.2) is 48.6 Å². The number of carbonyl (C=O) groups is 1. The van der Waals surface area contributed by atoms with Crippen molar-refractivity contribution in [3.05, 3.63) is 48.6 Å². The Hall–Kier alpha value is -1.70. The predicted molar refractivity (Wildman–Crippen MR) is 235 cm³/mol. The maximum atomic E-state index is 12.8. The number of allylic oxidation sites excluding steroid dienone is 8. The van der Waals surface area contributed by atoms with E-state index < -0.39 is 63.1 Å². The summed E-state index contributed by atoms with van der Waals surface area (Å²) in [6.07, 6.45) is 31.7. The van der Waals surface area contributed by atoms with Crippen LogP contribution in [-0.4, -0.2) is 98.9 Å². The smallest absolute Gasteiger partial charge is 0.457 e. The van der Waals surface area contributed by atoms with E-state index in [0.29, 0.717) is 13.0 Å². The van der Waals surface area contributed by atoms with Crippen molar-refractivity contribution in [3.8, 4) is 0 Å². The molecule has 0 aromatic heterocycles. The molecular formula is C46H83O12P. The molecule has 1 fully saturated rings. The third-order valence-electron chi connectivity index (χ3n) is 10.4. The lowest BCUT2D eigenvalue weighted by atomic mass is 9.85. The highest BCUT2D eigenvalue weighted by atomic mass is 31.2. The standard InChI is InChI=1S/C46H83O12P/c1-3-5-7-9-11-13-15-17-19-21-23-25-27-29-31-33-35-40(47)57-39(38-56-59(53,54)58-46-44(51)42(49)41(48)43(50)45(46)52)37-55-36-34-32-30-28-26-24-22-20-18-16-14-12-10-8-6-4-2/h12-15,18-21,39,41-46,48-52H,3-11,16-17,22-38H2,1-2H3,(H,53,54)/b14-12-,15-13-,20-18-,21-19-. The zero-order valence-electron chi connectivity index (χ0n) is 36.5. The third-order valence-corrected chi connectivity index (χ3v) is 11.4. The van der Waals surface area contributed by atoms with Gasteiger partial charge in [-0.25, -0.2) is 4.57 Å². The Bertz CT molecular complexity index is 1160. The summed E-state index contributed by atoms with van der Waals surface area (Å²) in [5, 5.41) is 50.2. The molecule has 0 aliphatic heterocycles. The van der Waals surface area contributed by atoms with Crippen molar-refractivity contribution in [2.45, 2.75) is 217 Å². The second-order valence-electron chi connectivity index (χ2n) is 15.9. The summed E-state index contributed by atoms with van der Waals surface area (Å²) in [6, 6.07) is 0. The van der Waals surface area contributed by atoms with Gasteiger partial charge in [-0.05, 0) is 77.0 Å². The van der Waals surface area contributed by atoms with Crippen LogP contribution in [0.4, 0.5) is 0 Å². The van der Waals surface area contributed by atoms with Gasteiger partial charge in [-0.2, -0.15) is 0 Å². The first-order valence-electron chi connectivity index (χ1n) is 23.0. The number of phosphoric ester groups is 1. The Labute approximate surface area is 356 Å². The Morgan fingerprint density at radius 2 is 0.949 bits per heavy atom. The molecule has 0 radical (unpaired) electrons. The van der Waals surface area contributed by atoms with Crippen LogP contribution in [0.25, 0.3) is 0 Å². The Morgan fingerprint density at radius 1 is 0.542 bits per heavy atom. The van der Waals surface area contributed by atoms with Gasteiger partial charge >= 0.3 is 13.8 Å². The zero-order chi connectivity index (χ0) is 43.4. The molecule has 1 rings (SSSR count). The van der Waals surface area contributed by atoms with Crippen molar-refractivity contribution in [2.24, 2.45) is 0 Å².